The normalized spacial score (nSPS) is 44.8. The Morgan fingerprint density at radius 1 is 1.35 bits per heavy atom. The number of carbonyl (C=O) groups excluding carboxylic acids is 1. The number of rotatable bonds is 2. The Hall–Kier alpha value is -1.05. The van der Waals surface area contributed by atoms with Crippen molar-refractivity contribution in [2.45, 2.75) is 47.0 Å². The minimum Gasteiger partial charge on any atom is -0.466 e. The van der Waals surface area contributed by atoms with Gasteiger partial charge >= 0.3 is 5.97 Å². The second-order valence-corrected chi connectivity index (χ2v) is 7.98. The van der Waals surface area contributed by atoms with Gasteiger partial charge in [0.15, 0.2) is 0 Å². The second kappa shape index (κ2) is 3.99. The molecule has 3 aliphatic rings. The molecule has 20 heavy (non-hydrogen) atoms. The fourth-order valence-corrected chi connectivity index (χ4v) is 5.23. The molecule has 0 saturated heterocycles. The lowest BCUT2D eigenvalue weighted by molar-refractivity contribution is -0.137. The Morgan fingerprint density at radius 2 is 2.05 bits per heavy atom. The fourth-order valence-electron chi connectivity index (χ4n) is 5.23. The van der Waals surface area contributed by atoms with E-state index in [4.69, 9.17) is 4.74 Å². The molecule has 2 heteroatoms. The van der Waals surface area contributed by atoms with Crippen LogP contribution in [0.1, 0.15) is 47.0 Å². The summed E-state index contributed by atoms with van der Waals surface area (Å²) in [6.45, 7) is 9.15. The van der Waals surface area contributed by atoms with Gasteiger partial charge in [-0.15, -0.1) is 0 Å². The van der Waals surface area contributed by atoms with Gasteiger partial charge in [-0.2, -0.15) is 0 Å². The molecule has 0 aliphatic heterocycles. The van der Waals surface area contributed by atoms with E-state index in [2.05, 4.69) is 39.0 Å². The maximum absolute atomic E-state index is 12.3. The van der Waals surface area contributed by atoms with Crippen LogP contribution in [-0.4, -0.2) is 13.1 Å². The molecule has 110 valence electrons. The highest BCUT2D eigenvalue weighted by Crippen LogP contribution is 2.78. The molecule has 0 heterocycles. The number of methoxy groups -OCH3 is 1. The van der Waals surface area contributed by atoms with E-state index in [0.29, 0.717) is 17.3 Å². The highest BCUT2D eigenvalue weighted by Gasteiger charge is 2.73. The minimum absolute atomic E-state index is 0.0591. The van der Waals surface area contributed by atoms with Crippen molar-refractivity contribution in [1.82, 2.24) is 0 Å². The predicted octanol–water partition coefficient (Wildman–Crippen LogP) is 4.12. The third-order valence-electron chi connectivity index (χ3n) is 6.15. The number of hydrogen-bond donors (Lipinski definition) is 0. The Kier molecular flexibility index (Phi) is 2.78. The predicted molar refractivity (Wildman–Crippen MR) is 80.1 cm³/mol. The zero-order valence-corrected chi connectivity index (χ0v) is 13.3. The van der Waals surface area contributed by atoms with Gasteiger partial charge in [0.05, 0.1) is 7.11 Å². The molecule has 0 aromatic rings. The molecule has 2 nitrogen and oxygen atoms in total. The molecule has 0 amide bonds. The van der Waals surface area contributed by atoms with Crippen molar-refractivity contribution in [3.05, 3.63) is 23.8 Å². The summed E-state index contributed by atoms with van der Waals surface area (Å²) in [5.41, 5.74) is 1.50. The van der Waals surface area contributed by atoms with Crippen LogP contribution in [0.2, 0.25) is 0 Å². The maximum atomic E-state index is 12.3. The van der Waals surface area contributed by atoms with Crippen LogP contribution in [0.25, 0.3) is 0 Å². The van der Waals surface area contributed by atoms with Crippen LogP contribution >= 0.6 is 0 Å². The van der Waals surface area contributed by atoms with Crippen molar-refractivity contribution in [2.24, 2.45) is 28.1 Å². The number of ether oxygens (including phenoxy) is 1. The molecule has 3 rings (SSSR count). The summed E-state index contributed by atoms with van der Waals surface area (Å²) in [4.78, 5) is 12.3. The van der Waals surface area contributed by atoms with E-state index in [1.54, 1.807) is 0 Å². The first-order valence-corrected chi connectivity index (χ1v) is 7.74. The van der Waals surface area contributed by atoms with E-state index >= 15 is 0 Å². The first kappa shape index (κ1) is 13.9. The van der Waals surface area contributed by atoms with Gasteiger partial charge in [-0.05, 0) is 48.9 Å². The molecule has 4 atom stereocenters. The fraction of sp³-hybridized carbons (Fsp3) is 0.722. The highest BCUT2D eigenvalue weighted by atomic mass is 16.5. The smallest absolute Gasteiger partial charge is 0.334 e. The lowest BCUT2D eigenvalue weighted by atomic mass is 9.69. The van der Waals surface area contributed by atoms with Gasteiger partial charge < -0.3 is 4.74 Å². The SMILES string of the molecule is C/C=C/[C@@]12C[C@]1(C)[C@H]1CC(C)(C)C[C@H]1C=C2C(=O)OC. The number of allylic oxidation sites excluding steroid dienone is 3. The summed E-state index contributed by atoms with van der Waals surface area (Å²) in [5.74, 6) is 1.13. The van der Waals surface area contributed by atoms with Crippen molar-refractivity contribution in [1.29, 1.82) is 0 Å². The summed E-state index contributed by atoms with van der Waals surface area (Å²) in [7, 11) is 1.50. The summed E-state index contributed by atoms with van der Waals surface area (Å²) in [6, 6.07) is 0. The minimum atomic E-state index is -0.130. The third kappa shape index (κ3) is 1.60. The Balaban J connectivity index is 2.07. The molecule has 0 radical (unpaired) electrons. The first-order valence-electron chi connectivity index (χ1n) is 7.74. The topological polar surface area (TPSA) is 26.3 Å². The highest BCUT2D eigenvalue weighted by molar-refractivity contribution is 5.92. The summed E-state index contributed by atoms with van der Waals surface area (Å²) < 4.78 is 5.06. The summed E-state index contributed by atoms with van der Waals surface area (Å²) in [6.07, 6.45) is 10.2. The second-order valence-electron chi connectivity index (χ2n) is 7.98. The van der Waals surface area contributed by atoms with Crippen LogP contribution in [0.3, 0.4) is 0 Å². The van der Waals surface area contributed by atoms with Gasteiger partial charge in [0.25, 0.3) is 0 Å². The van der Waals surface area contributed by atoms with Gasteiger partial charge in [-0.25, -0.2) is 4.79 Å². The lowest BCUT2D eigenvalue weighted by Gasteiger charge is -2.35. The molecule has 3 aliphatic carbocycles. The zero-order chi connectivity index (χ0) is 14.8. The van der Waals surface area contributed by atoms with Crippen molar-refractivity contribution in [3.8, 4) is 0 Å². The molecular weight excluding hydrogens is 248 g/mol. The quantitative estimate of drug-likeness (QED) is 0.559. The number of fused-ring (bicyclic) bond motifs is 3. The first-order chi connectivity index (χ1) is 9.29. The maximum Gasteiger partial charge on any atom is 0.334 e. The standard InChI is InChI=1S/C18H26O2/c1-6-7-18-11-17(18,4)14-10-16(2,3)9-12(14)8-13(18)15(19)20-5/h6-8,12,14H,9-11H2,1-5H3/b7-6+/t12-,14+,17-,18+/m1/s1. The molecule has 2 saturated carbocycles. The van der Waals surface area contributed by atoms with Crippen LogP contribution in [0.4, 0.5) is 0 Å². The molecule has 0 N–H and O–H groups in total. The zero-order valence-electron chi connectivity index (χ0n) is 13.3. The Morgan fingerprint density at radius 3 is 2.65 bits per heavy atom. The number of esters is 1. The number of hydrogen-bond acceptors (Lipinski definition) is 2. The molecule has 2 fully saturated rings. The van der Waals surface area contributed by atoms with Gasteiger partial charge in [-0.3, -0.25) is 0 Å². The van der Waals surface area contributed by atoms with E-state index in [0.717, 1.165) is 12.0 Å². The van der Waals surface area contributed by atoms with Gasteiger partial charge in [0.1, 0.15) is 0 Å². The third-order valence-corrected chi connectivity index (χ3v) is 6.15. The Bertz CT molecular complexity index is 514. The van der Waals surface area contributed by atoms with Crippen molar-refractivity contribution in [2.75, 3.05) is 7.11 Å². The Labute approximate surface area is 122 Å². The molecule has 0 aromatic heterocycles. The van der Waals surface area contributed by atoms with Crippen LogP contribution in [0, 0.1) is 28.1 Å². The molecule has 0 bridgehead atoms. The average Bonchev–Trinajstić information content (AvgIpc) is 2.85. The largest absolute Gasteiger partial charge is 0.466 e. The van der Waals surface area contributed by atoms with Gasteiger partial charge in [0, 0.05) is 11.0 Å². The lowest BCUT2D eigenvalue weighted by Crippen LogP contribution is -2.31. The van der Waals surface area contributed by atoms with E-state index in [1.165, 1.54) is 20.0 Å². The van der Waals surface area contributed by atoms with E-state index in [1.807, 2.05) is 6.92 Å². The van der Waals surface area contributed by atoms with Crippen LogP contribution in [-0.2, 0) is 9.53 Å². The van der Waals surface area contributed by atoms with Crippen molar-refractivity contribution in [3.63, 3.8) is 0 Å². The van der Waals surface area contributed by atoms with Gasteiger partial charge in [0.2, 0.25) is 0 Å². The van der Waals surface area contributed by atoms with Crippen LogP contribution < -0.4 is 0 Å². The summed E-state index contributed by atoms with van der Waals surface area (Å²) >= 11 is 0. The van der Waals surface area contributed by atoms with Crippen LogP contribution in [0.5, 0.6) is 0 Å². The van der Waals surface area contributed by atoms with Gasteiger partial charge in [-0.1, -0.05) is 39.0 Å². The van der Waals surface area contributed by atoms with Crippen molar-refractivity contribution < 1.29 is 9.53 Å². The monoisotopic (exact) mass is 274 g/mol. The molecule has 0 spiro atoms. The average molecular weight is 274 g/mol. The van der Waals surface area contributed by atoms with E-state index in [-0.39, 0.29) is 16.8 Å². The molecule has 0 unspecified atom stereocenters. The van der Waals surface area contributed by atoms with E-state index in [9.17, 15) is 4.79 Å². The van der Waals surface area contributed by atoms with Crippen molar-refractivity contribution >= 4 is 5.97 Å². The summed E-state index contributed by atoms with van der Waals surface area (Å²) in [5, 5.41) is 0. The van der Waals surface area contributed by atoms with Crippen LogP contribution in [0.15, 0.2) is 23.8 Å². The number of carbonyl (C=O) groups is 1. The molecule has 0 aromatic carbocycles. The molecular formula is C18H26O2. The van der Waals surface area contributed by atoms with E-state index < -0.39 is 0 Å².